The zero-order valence-corrected chi connectivity index (χ0v) is 11.8. The molecule has 1 aliphatic rings. The van der Waals surface area contributed by atoms with E-state index in [1.165, 1.54) is 12.5 Å². The first-order valence-corrected chi connectivity index (χ1v) is 6.96. The number of halogens is 1. The minimum atomic E-state index is -0.363. The topological polar surface area (TPSA) is 54.0 Å². The summed E-state index contributed by atoms with van der Waals surface area (Å²) in [7, 11) is 4.21. The van der Waals surface area contributed by atoms with E-state index in [2.05, 4.69) is 33.9 Å². The van der Waals surface area contributed by atoms with Crippen LogP contribution in [0.1, 0.15) is 25.7 Å². The molecule has 0 unspecified atom stereocenters. The van der Waals surface area contributed by atoms with Crippen LogP contribution in [0.2, 0.25) is 0 Å². The Morgan fingerprint density at radius 3 is 2.70 bits per heavy atom. The highest BCUT2D eigenvalue weighted by Crippen LogP contribution is 2.29. The van der Waals surface area contributed by atoms with Crippen LogP contribution in [0.4, 0.5) is 4.39 Å². The molecule has 1 fully saturated rings. The monoisotopic (exact) mass is 278 g/mol. The van der Waals surface area contributed by atoms with Crippen molar-refractivity contribution in [3.8, 4) is 5.88 Å². The fourth-order valence-corrected chi connectivity index (χ4v) is 2.82. The molecular formula is C14H19FN4O. The highest BCUT2D eigenvalue weighted by molar-refractivity contribution is 5.81. The van der Waals surface area contributed by atoms with Crippen molar-refractivity contribution in [1.82, 2.24) is 19.9 Å². The average Bonchev–Trinajstić information content (AvgIpc) is 2.82. The predicted molar refractivity (Wildman–Crippen MR) is 74.2 cm³/mol. The van der Waals surface area contributed by atoms with Crippen molar-refractivity contribution >= 4 is 11.0 Å². The van der Waals surface area contributed by atoms with Gasteiger partial charge in [-0.05, 0) is 39.8 Å². The lowest BCUT2D eigenvalue weighted by molar-refractivity contribution is 0.108. The second-order valence-corrected chi connectivity index (χ2v) is 5.55. The molecule has 6 heteroatoms. The quantitative estimate of drug-likeness (QED) is 0.936. The molecule has 20 heavy (non-hydrogen) atoms. The van der Waals surface area contributed by atoms with Crippen LogP contribution in [-0.4, -0.2) is 46.1 Å². The van der Waals surface area contributed by atoms with Gasteiger partial charge in [0.1, 0.15) is 23.5 Å². The van der Waals surface area contributed by atoms with E-state index >= 15 is 0 Å². The lowest BCUT2D eigenvalue weighted by atomic mass is 9.92. The number of nitrogens with zero attached hydrogens (tertiary/aromatic N) is 3. The second-order valence-electron chi connectivity index (χ2n) is 5.55. The molecule has 5 nitrogen and oxygen atoms in total. The molecule has 1 N–H and O–H groups in total. The highest BCUT2D eigenvalue weighted by atomic mass is 19.1. The minimum absolute atomic E-state index is 0.110. The van der Waals surface area contributed by atoms with Crippen LogP contribution in [0.15, 0.2) is 12.5 Å². The summed E-state index contributed by atoms with van der Waals surface area (Å²) in [6.45, 7) is 0. The van der Waals surface area contributed by atoms with E-state index < -0.39 is 0 Å². The van der Waals surface area contributed by atoms with Crippen LogP contribution in [0.3, 0.4) is 0 Å². The van der Waals surface area contributed by atoms with Crippen molar-refractivity contribution in [2.24, 2.45) is 0 Å². The largest absolute Gasteiger partial charge is 0.474 e. The van der Waals surface area contributed by atoms with Gasteiger partial charge in [0.15, 0.2) is 5.82 Å². The van der Waals surface area contributed by atoms with Gasteiger partial charge >= 0.3 is 0 Å². The van der Waals surface area contributed by atoms with Crippen LogP contribution in [-0.2, 0) is 0 Å². The van der Waals surface area contributed by atoms with E-state index in [1.807, 2.05) is 0 Å². The number of ether oxygens (including phenoxy) is 1. The number of H-pyrrole nitrogens is 1. The maximum absolute atomic E-state index is 13.7. The number of aromatic nitrogens is 3. The molecule has 0 atom stereocenters. The van der Waals surface area contributed by atoms with Gasteiger partial charge in [0.25, 0.3) is 0 Å². The van der Waals surface area contributed by atoms with Crippen molar-refractivity contribution in [2.75, 3.05) is 14.1 Å². The predicted octanol–water partition coefficient (Wildman–Crippen LogP) is 2.35. The molecule has 1 aliphatic carbocycles. The summed E-state index contributed by atoms with van der Waals surface area (Å²) in [5.74, 6) is -0.0142. The molecule has 0 aliphatic heterocycles. The van der Waals surface area contributed by atoms with Crippen LogP contribution in [0, 0.1) is 5.82 Å². The Balaban J connectivity index is 1.73. The fraction of sp³-hybridized carbons (Fsp3) is 0.571. The molecule has 2 aromatic rings. The van der Waals surface area contributed by atoms with Crippen LogP contribution < -0.4 is 4.74 Å². The van der Waals surface area contributed by atoms with E-state index in [0.29, 0.717) is 23.0 Å². The molecule has 0 amide bonds. The molecule has 108 valence electrons. The lowest BCUT2D eigenvalue weighted by Crippen LogP contribution is -2.35. The number of nitrogens with one attached hydrogen (secondary N) is 1. The van der Waals surface area contributed by atoms with Crippen LogP contribution in [0.5, 0.6) is 5.88 Å². The molecule has 0 aromatic carbocycles. The molecule has 0 bridgehead atoms. The first kappa shape index (κ1) is 13.3. The van der Waals surface area contributed by atoms with Crippen molar-refractivity contribution in [3.05, 3.63) is 18.3 Å². The summed E-state index contributed by atoms with van der Waals surface area (Å²) >= 11 is 0. The third-order valence-corrected chi connectivity index (χ3v) is 4.04. The molecule has 2 heterocycles. The van der Waals surface area contributed by atoms with Crippen molar-refractivity contribution in [2.45, 2.75) is 37.8 Å². The van der Waals surface area contributed by atoms with Gasteiger partial charge in [-0.25, -0.2) is 14.4 Å². The Labute approximate surface area is 117 Å². The summed E-state index contributed by atoms with van der Waals surface area (Å²) in [4.78, 5) is 13.1. The average molecular weight is 278 g/mol. The van der Waals surface area contributed by atoms with E-state index in [0.717, 1.165) is 25.7 Å². The molecule has 0 radical (unpaired) electrons. The fourth-order valence-electron chi connectivity index (χ4n) is 2.82. The number of hydrogen-bond donors (Lipinski definition) is 1. The number of hydrogen-bond acceptors (Lipinski definition) is 4. The molecular weight excluding hydrogens is 259 g/mol. The molecule has 0 saturated heterocycles. The van der Waals surface area contributed by atoms with E-state index in [4.69, 9.17) is 4.74 Å². The van der Waals surface area contributed by atoms with Gasteiger partial charge in [-0.2, -0.15) is 0 Å². The van der Waals surface area contributed by atoms with Gasteiger partial charge in [-0.1, -0.05) is 0 Å². The van der Waals surface area contributed by atoms with Gasteiger partial charge in [-0.3, -0.25) is 0 Å². The Morgan fingerprint density at radius 2 is 2.00 bits per heavy atom. The third-order valence-electron chi connectivity index (χ3n) is 4.04. The maximum atomic E-state index is 13.7. The summed E-state index contributed by atoms with van der Waals surface area (Å²) < 4.78 is 19.6. The van der Waals surface area contributed by atoms with Gasteiger partial charge in [0.05, 0.1) is 0 Å². The normalized spacial score (nSPS) is 23.4. The maximum Gasteiger partial charge on any atom is 0.229 e. The second kappa shape index (κ2) is 5.36. The summed E-state index contributed by atoms with van der Waals surface area (Å²) in [6, 6.07) is 0.615. The third kappa shape index (κ3) is 2.47. The van der Waals surface area contributed by atoms with E-state index in [1.54, 1.807) is 0 Å². The zero-order chi connectivity index (χ0) is 14.1. The van der Waals surface area contributed by atoms with Gasteiger partial charge in [-0.15, -0.1) is 0 Å². The smallest absolute Gasteiger partial charge is 0.229 e. The summed E-state index contributed by atoms with van der Waals surface area (Å²) in [5, 5.41) is 0.349. The van der Waals surface area contributed by atoms with Crippen LogP contribution in [0.25, 0.3) is 11.0 Å². The van der Waals surface area contributed by atoms with Crippen molar-refractivity contribution < 1.29 is 9.13 Å². The van der Waals surface area contributed by atoms with E-state index in [9.17, 15) is 4.39 Å². The highest BCUT2D eigenvalue weighted by Gasteiger charge is 2.25. The molecule has 1 saturated carbocycles. The minimum Gasteiger partial charge on any atom is -0.474 e. The van der Waals surface area contributed by atoms with E-state index in [-0.39, 0.29) is 11.9 Å². The lowest BCUT2D eigenvalue weighted by Gasteiger charge is -2.32. The Hall–Kier alpha value is -1.69. The zero-order valence-electron chi connectivity index (χ0n) is 11.8. The van der Waals surface area contributed by atoms with Crippen LogP contribution >= 0.6 is 0 Å². The number of fused-ring (bicyclic) bond motifs is 1. The molecule has 2 aromatic heterocycles. The SMILES string of the molecule is CN(C)C1CCC(Oc2ncnc3[nH]cc(F)c23)CC1. The van der Waals surface area contributed by atoms with Gasteiger partial charge in [0.2, 0.25) is 5.88 Å². The van der Waals surface area contributed by atoms with Crippen molar-refractivity contribution in [1.29, 1.82) is 0 Å². The molecule has 0 spiro atoms. The Bertz CT molecular complexity index is 590. The number of aromatic amines is 1. The summed E-state index contributed by atoms with van der Waals surface area (Å²) in [6.07, 6.45) is 6.94. The molecule has 3 rings (SSSR count). The standard InChI is InChI=1S/C14H19FN4O/c1-19(2)9-3-5-10(6-4-9)20-14-12-11(15)7-16-13(12)17-8-18-14/h7-10H,3-6H2,1-2H3,(H,16,17,18). The first-order valence-electron chi connectivity index (χ1n) is 6.96. The summed E-state index contributed by atoms with van der Waals surface area (Å²) in [5.41, 5.74) is 0.481. The Morgan fingerprint density at radius 1 is 1.25 bits per heavy atom. The first-order chi connectivity index (χ1) is 9.65. The van der Waals surface area contributed by atoms with Gasteiger partial charge < -0.3 is 14.6 Å². The van der Waals surface area contributed by atoms with Crippen molar-refractivity contribution in [3.63, 3.8) is 0 Å². The Kier molecular flexibility index (Phi) is 3.56. The number of rotatable bonds is 3. The van der Waals surface area contributed by atoms with Gasteiger partial charge in [0, 0.05) is 12.2 Å².